The highest BCUT2D eigenvalue weighted by Crippen LogP contribution is 2.28. The van der Waals surface area contributed by atoms with Crippen LogP contribution >= 0.6 is 0 Å². The largest absolute Gasteiger partial charge is 0.457 e. The lowest BCUT2D eigenvalue weighted by Crippen LogP contribution is -2.10. The molecule has 2 rings (SSSR count). The first kappa shape index (κ1) is 14.6. The fourth-order valence-corrected chi connectivity index (χ4v) is 2.09. The molecule has 0 aliphatic carbocycles. The predicted octanol–water partition coefficient (Wildman–Crippen LogP) is 4.50. The highest BCUT2D eigenvalue weighted by atomic mass is 16.5. The van der Waals surface area contributed by atoms with Gasteiger partial charge in [-0.25, -0.2) is 0 Å². The van der Waals surface area contributed by atoms with Gasteiger partial charge in [0.25, 0.3) is 0 Å². The van der Waals surface area contributed by atoms with Crippen molar-refractivity contribution in [2.24, 2.45) is 0 Å². The molecule has 2 heteroatoms. The van der Waals surface area contributed by atoms with Crippen LogP contribution in [0, 0.1) is 0 Å². The molecule has 2 aromatic carbocycles. The third-order valence-electron chi connectivity index (χ3n) is 3.29. The van der Waals surface area contributed by atoms with Gasteiger partial charge in [-0.2, -0.15) is 0 Å². The van der Waals surface area contributed by atoms with Crippen LogP contribution in [0.1, 0.15) is 31.9 Å². The molecule has 0 bridgehead atoms. The Bertz CT molecular complexity index is 552. The highest BCUT2D eigenvalue weighted by Gasteiger charge is 2.13. The second-order valence-corrected chi connectivity index (χ2v) is 6.01. The Hall–Kier alpha value is -1.80. The molecule has 0 unspecified atom stereocenters. The molecule has 2 nitrogen and oxygen atoms in total. The van der Waals surface area contributed by atoms with E-state index in [4.69, 9.17) is 4.74 Å². The van der Waals surface area contributed by atoms with Gasteiger partial charge in [-0.05, 0) is 36.2 Å². The average Bonchev–Trinajstić information content (AvgIpc) is 2.41. The molecular weight excluding hydrogens is 246 g/mol. The van der Waals surface area contributed by atoms with Crippen molar-refractivity contribution >= 4 is 0 Å². The first-order chi connectivity index (χ1) is 9.50. The second kappa shape index (κ2) is 6.10. The number of benzene rings is 2. The van der Waals surface area contributed by atoms with Gasteiger partial charge < -0.3 is 10.1 Å². The van der Waals surface area contributed by atoms with E-state index in [9.17, 15) is 0 Å². The zero-order chi connectivity index (χ0) is 14.6. The molecule has 2 aromatic rings. The maximum Gasteiger partial charge on any atom is 0.131 e. The van der Waals surface area contributed by atoms with Crippen LogP contribution in [0.2, 0.25) is 0 Å². The van der Waals surface area contributed by atoms with E-state index in [1.165, 1.54) is 5.56 Å². The third-order valence-corrected chi connectivity index (χ3v) is 3.29. The fourth-order valence-electron chi connectivity index (χ4n) is 2.09. The van der Waals surface area contributed by atoms with Gasteiger partial charge in [0.1, 0.15) is 11.5 Å². The normalized spacial score (nSPS) is 11.4. The summed E-state index contributed by atoms with van der Waals surface area (Å²) in [6.45, 7) is 7.44. The molecular formula is C18H23NO. The van der Waals surface area contributed by atoms with Crippen molar-refractivity contribution < 1.29 is 4.74 Å². The van der Waals surface area contributed by atoms with Crippen LogP contribution in [0.15, 0.2) is 48.5 Å². The Labute approximate surface area is 121 Å². The quantitative estimate of drug-likeness (QED) is 0.882. The van der Waals surface area contributed by atoms with E-state index >= 15 is 0 Å². The number of hydrogen-bond acceptors (Lipinski definition) is 2. The summed E-state index contributed by atoms with van der Waals surface area (Å²) in [5, 5.41) is 3.16. The van der Waals surface area contributed by atoms with Crippen LogP contribution in [-0.2, 0) is 12.0 Å². The number of nitrogens with one attached hydrogen (secondary N) is 1. The van der Waals surface area contributed by atoms with Crippen molar-refractivity contribution in [2.45, 2.75) is 32.7 Å². The minimum absolute atomic E-state index is 0.169. The van der Waals surface area contributed by atoms with Crippen LogP contribution < -0.4 is 10.1 Å². The smallest absolute Gasteiger partial charge is 0.131 e. The molecule has 0 fully saturated rings. The predicted molar refractivity (Wildman–Crippen MR) is 84.4 cm³/mol. The Morgan fingerprint density at radius 2 is 1.60 bits per heavy atom. The number of hydrogen-bond donors (Lipinski definition) is 1. The van der Waals surface area contributed by atoms with Gasteiger partial charge in [-0.15, -0.1) is 0 Å². The molecule has 0 aromatic heterocycles. The average molecular weight is 269 g/mol. The van der Waals surface area contributed by atoms with Crippen molar-refractivity contribution in [3.8, 4) is 11.5 Å². The summed E-state index contributed by atoms with van der Waals surface area (Å²) in [6.07, 6.45) is 0. The third kappa shape index (κ3) is 3.61. The lowest BCUT2D eigenvalue weighted by molar-refractivity contribution is 0.473. The van der Waals surface area contributed by atoms with Crippen LogP contribution in [0.5, 0.6) is 11.5 Å². The van der Waals surface area contributed by atoms with Crippen molar-refractivity contribution in [2.75, 3.05) is 7.05 Å². The lowest BCUT2D eigenvalue weighted by atomic mass is 9.87. The number of ether oxygens (including phenoxy) is 1. The van der Waals surface area contributed by atoms with Gasteiger partial charge >= 0.3 is 0 Å². The maximum atomic E-state index is 5.99. The monoisotopic (exact) mass is 269 g/mol. The van der Waals surface area contributed by atoms with Gasteiger partial charge in [-0.1, -0.05) is 51.1 Å². The Morgan fingerprint density at radius 1 is 0.950 bits per heavy atom. The van der Waals surface area contributed by atoms with E-state index in [-0.39, 0.29) is 5.41 Å². The van der Waals surface area contributed by atoms with Gasteiger partial charge in [0, 0.05) is 12.1 Å². The second-order valence-electron chi connectivity index (χ2n) is 6.01. The molecule has 0 aliphatic heterocycles. The number of para-hydroxylation sites is 1. The van der Waals surface area contributed by atoms with E-state index in [1.807, 2.05) is 37.4 Å². The first-order valence-electron chi connectivity index (χ1n) is 7.01. The van der Waals surface area contributed by atoms with E-state index in [0.29, 0.717) is 0 Å². The van der Waals surface area contributed by atoms with E-state index in [2.05, 4.69) is 44.3 Å². The summed E-state index contributed by atoms with van der Waals surface area (Å²) in [6, 6.07) is 16.5. The van der Waals surface area contributed by atoms with Crippen LogP contribution in [0.3, 0.4) is 0 Å². The van der Waals surface area contributed by atoms with Crippen LogP contribution in [-0.4, -0.2) is 7.05 Å². The molecule has 0 radical (unpaired) electrons. The summed E-state index contributed by atoms with van der Waals surface area (Å²) in [4.78, 5) is 0. The molecule has 20 heavy (non-hydrogen) atoms. The molecule has 0 amide bonds. The summed E-state index contributed by atoms with van der Waals surface area (Å²) in [5.74, 6) is 1.78. The summed E-state index contributed by atoms with van der Waals surface area (Å²) in [5.41, 5.74) is 2.64. The van der Waals surface area contributed by atoms with E-state index in [0.717, 1.165) is 23.6 Å². The molecule has 106 valence electrons. The van der Waals surface area contributed by atoms with Crippen LogP contribution in [0.25, 0.3) is 0 Å². The zero-order valence-electron chi connectivity index (χ0n) is 12.7. The lowest BCUT2D eigenvalue weighted by Gasteiger charge is -2.19. The van der Waals surface area contributed by atoms with Gasteiger partial charge in [0.2, 0.25) is 0 Å². The van der Waals surface area contributed by atoms with Crippen molar-refractivity contribution in [3.05, 3.63) is 59.7 Å². The molecule has 1 N–H and O–H groups in total. The molecule has 0 spiro atoms. The fraction of sp³-hybridized carbons (Fsp3) is 0.333. The summed E-state index contributed by atoms with van der Waals surface area (Å²) >= 11 is 0. The minimum atomic E-state index is 0.169. The topological polar surface area (TPSA) is 21.3 Å². The van der Waals surface area contributed by atoms with E-state index < -0.39 is 0 Å². The SMILES string of the molecule is CNCc1ccccc1Oc1ccc(C(C)(C)C)cc1. The Morgan fingerprint density at radius 3 is 2.20 bits per heavy atom. The zero-order valence-corrected chi connectivity index (χ0v) is 12.7. The highest BCUT2D eigenvalue weighted by molar-refractivity contribution is 5.39. The molecule has 0 heterocycles. The molecule has 0 saturated heterocycles. The van der Waals surface area contributed by atoms with E-state index in [1.54, 1.807) is 0 Å². The summed E-state index contributed by atoms with van der Waals surface area (Å²) in [7, 11) is 1.94. The molecule has 0 atom stereocenters. The summed E-state index contributed by atoms with van der Waals surface area (Å²) < 4.78 is 5.99. The molecule has 0 saturated carbocycles. The Kier molecular flexibility index (Phi) is 4.46. The van der Waals surface area contributed by atoms with Gasteiger partial charge in [-0.3, -0.25) is 0 Å². The Balaban J connectivity index is 2.18. The van der Waals surface area contributed by atoms with Gasteiger partial charge in [0.15, 0.2) is 0 Å². The van der Waals surface area contributed by atoms with Gasteiger partial charge in [0.05, 0.1) is 0 Å². The van der Waals surface area contributed by atoms with Crippen molar-refractivity contribution in [1.82, 2.24) is 5.32 Å². The van der Waals surface area contributed by atoms with Crippen molar-refractivity contribution in [1.29, 1.82) is 0 Å². The minimum Gasteiger partial charge on any atom is -0.457 e. The van der Waals surface area contributed by atoms with Crippen molar-refractivity contribution in [3.63, 3.8) is 0 Å². The van der Waals surface area contributed by atoms with Crippen LogP contribution in [0.4, 0.5) is 0 Å². The number of rotatable bonds is 4. The first-order valence-corrected chi connectivity index (χ1v) is 7.01. The standard InChI is InChI=1S/C18H23NO/c1-18(2,3)15-9-11-16(12-10-15)20-17-8-6-5-7-14(17)13-19-4/h5-12,19H,13H2,1-4H3. The molecule has 0 aliphatic rings. The maximum absolute atomic E-state index is 5.99.